The van der Waals surface area contributed by atoms with Crippen LogP contribution in [0.5, 0.6) is 0 Å². The molecule has 1 spiro atoms. The van der Waals surface area contributed by atoms with Crippen molar-refractivity contribution in [1.82, 2.24) is 4.90 Å². The van der Waals surface area contributed by atoms with Crippen molar-refractivity contribution in [3.8, 4) is 0 Å². The van der Waals surface area contributed by atoms with Gasteiger partial charge in [-0.15, -0.1) is 11.8 Å². The molecule has 0 aromatic heterocycles. The summed E-state index contributed by atoms with van der Waals surface area (Å²) in [6.45, 7) is 0.778. The quantitative estimate of drug-likeness (QED) is 0.488. The number of cyclic esters (lactones) is 1. The second kappa shape index (κ2) is 9.99. The minimum atomic E-state index is -0.910. The fourth-order valence-electron chi connectivity index (χ4n) is 5.78. The summed E-state index contributed by atoms with van der Waals surface area (Å²) < 4.78 is 4.70. The molecule has 7 nitrogen and oxygen atoms in total. The number of nitrogens with zero attached hydrogens (tertiary/aromatic N) is 2. The highest BCUT2D eigenvalue weighted by Gasteiger charge is 2.70. The number of amides is 2. The van der Waals surface area contributed by atoms with Gasteiger partial charge >= 0.3 is 5.97 Å². The Kier molecular flexibility index (Phi) is 6.97. The topological polar surface area (TPSA) is 87.2 Å². The van der Waals surface area contributed by atoms with Gasteiger partial charge in [0.2, 0.25) is 5.91 Å². The Morgan fingerprint density at radius 2 is 1.97 bits per heavy atom. The molecule has 0 bridgehead atoms. The van der Waals surface area contributed by atoms with E-state index in [1.165, 1.54) is 11.8 Å². The number of thioether (sulfide) groups is 1. The van der Waals surface area contributed by atoms with E-state index in [0.717, 1.165) is 19.3 Å². The van der Waals surface area contributed by atoms with Crippen LogP contribution in [0.1, 0.15) is 25.7 Å². The van der Waals surface area contributed by atoms with Gasteiger partial charge in [0, 0.05) is 24.9 Å². The van der Waals surface area contributed by atoms with Crippen LogP contribution in [-0.4, -0.2) is 70.1 Å². The predicted molar refractivity (Wildman–Crippen MR) is 135 cm³/mol. The van der Waals surface area contributed by atoms with E-state index in [4.69, 9.17) is 16.3 Å². The third kappa shape index (κ3) is 4.09. The first kappa shape index (κ1) is 24.4. The van der Waals surface area contributed by atoms with E-state index >= 15 is 0 Å². The summed E-state index contributed by atoms with van der Waals surface area (Å²) in [4.78, 5) is 44.6. The molecule has 9 heteroatoms. The molecule has 1 N–H and O–H groups in total. The van der Waals surface area contributed by atoms with E-state index in [-0.39, 0.29) is 36.2 Å². The zero-order chi connectivity index (χ0) is 24.6. The third-order valence-corrected chi connectivity index (χ3v) is 9.37. The molecule has 1 aromatic carbocycles. The van der Waals surface area contributed by atoms with E-state index in [2.05, 4.69) is 6.08 Å². The standard InChI is InChI=1S/C26H29ClN2O5S/c27-17-9-4-5-10-18(17)28-13-7-12-26-21(23(31)29(14-8-15-30)22(26)24(28)32)20-19(35-26)11-3-1-2-6-16-34-25(20)33/h3-5,7,9-12,19-22,30H,1-2,6,8,13-16H2/b11-3-/t19-,20+,21-,22?,26-/m0/s1. The smallest absolute Gasteiger partial charge is 0.311 e. The molecule has 2 saturated heterocycles. The number of allylic oxidation sites excluding steroid dienone is 1. The number of rotatable bonds is 4. The number of halogens is 1. The number of ether oxygens (including phenoxy) is 1. The van der Waals surface area contributed by atoms with Gasteiger partial charge in [-0.25, -0.2) is 0 Å². The van der Waals surface area contributed by atoms with Crippen LogP contribution in [0.25, 0.3) is 0 Å². The Morgan fingerprint density at radius 3 is 2.77 bits per heavy atom. The van der Waals surface area contributed by atoms with E-state index in [1.807, 2.05) is 24.3 Å². The van der Waals surface area contributed by atoms with E-state index in [0.29, 0.717) is 30.3 Å². The Labute approximate surface area is 214 Å². The highest BCUT2D eigenvalue weighted by Crippen LogP contribution is 2.60. The first-order valence-electron chi connectivity index (χ1n) is 12.2. The van der Waals surface area contributed by atoms with Gasteiger partial charge in [0.15, 0.2) is 0 Å². The molecular formula is C26H29ClN2O5S. The number of fused-ring (bicyclic) bond motifs is 2. The molecule has 1 aromatic rings. The van der Waals surface area contributed by atoms with Crippen LogP contribution in [0.2, 0.25) is 5.02 Å². The van der Waals surface area contributed by atoms with Gasteiger partial charge in [-0.3, -0.25) is 14.4 Å². The average Bonchev–Trinajstić information content (AvgIpc) is 3.23. The summed E-state index contributed by atoms with van der Waals surface area (Å²) in [5, 5.41) is 9.69. The predicted octanol–water partition coefficient (Wildman–Crippen LogP) is 3.21. The monoisotopic (exact) mass is 516 g/mol. The highest BCUT2D eigenvalue weighted by molar-refractivity contribution is 8.02. The number of carbonyl (C=O) groups is 3. The number of para-hydroxylation sites is 1. The summed E-state index contributed by atoms with van der Waals surface area (Å²) in [7, 11) is 0. The maximum atomic E-state index is 14.2. The number of anilines is 1. The molecular weight excluding hydrogens is 488 g/mol. The molecule has 2 fully saturated rings. The molecule has 4 aliphatic rings. The summed E-state index contributed by atoms with van der Waals surface area (Å²) in [6.07, 6.45) is 10.9. The van der Waals surface area contributed by atoms with Crippen molar-refractivity contribution >= 4 is 46.8 Å². The number of hydrogen-bond acceptors (Lipinski definition) is 6. The van der Waals surface area contributed by atoms with Crippen LogP contribution in [-0.2, 0) is 19.1 Å². The van der Waals surface area contributed by atoms with Crippen molar-refractivity contribution in [2.75, 3.05) is 31.2 Å². The van der Waals surface area contributed by atoms with Crippen molar-refractivity contribution in [2.24, 2.45) is 11.8 Å². The number of benzene rings is 1. The lowest BCUT2D eigenvalue weighted by molar-refractivity contribution is -0.153. The van der Waals surface area contributed by atoms with Gasteiger partial charge in [0.1, 0.15) is 6.04 Å². The molecule has 5 rings (SSSR count). The molecule has 0 aliphatic carbocycles. The van der Waals surface area contributed by atoms with E-state index in [9.17, 15) is 19.5 Å². The molecule has 1 unspecified atom stereocenters. The zero-order valence-electron chi connectivity index (χ0n) is 19.3. The summed E-state index contributed by atoms with van der Waals surface area (Å²) >= 11 is 7.97. The number of esters is 1. The van der Waals surface area contributed by atoms with Gasteiger partial charge in [-0.2, -0.15) is 0 Å². The lowest BCUT2D eigenvalue weighted by atomic mass is 9.78. The van der Waals surface area contributed by atoms with Gasteiger partial charge in [-0.1, -0.05) is 48.0 Å². The molecule has 4 aliphatic heterocycles. The second-order valence-corrected chi connectivity index (χ2v) is 11.2. The van der Waals surface area contributed by atoms with Crippen molar-refractivity contribution < 1.29 is 24.2 Å². The third-order valence-electron chi connectivity index (χ3n) is 7.30. The summed E-state index contributed by atoms with van der Waals surface area (Å²) in [6, 6.07) is 6.34. The SMILES string of the molecule is O=C1OCCCC/C=C\[C@@H]2S[C@]34C=CCN(c5ccccc5Cl)C(=O)C3N(CCCO)C(=O)[C@@H]4[C@H]12. The molecule has 2 amide bonds. The van der Waals surface area contributed by atoms with E-state index in [1.54, 1.807) is 28.0 Å². The highest BCUT2D eigenvalue weighted by atomic mass is 35.5. The lowest BCUT2D eigenvalue weighted by Crippen LogP contribution is -2.53. The van der Waals surface area contributed by atoms with Crippen LogP contribution in [0.15, 0.2) is 48.6 Å². The largest absolute Gasteiger partial charge is 0.465 e. The Hall–Kier alpha value is -2.29. The van der Waals surface area contributed by atoms with Crippen LogP contribution in [0, 0.1) is 11.8 Å². The second-order valence-electron chi connectivity index (χ2n) is 9.34. The van der Waals surface area contributed by atoms with Crippen molar-refractivity contribution in [3.63, 3.8) is 0 Å². The molecule has 0 radical (unpaired) electrons. The minimum absolute atomic E-state index is 0.101. The number of carbonyl (C=O) groups excluding carboxylic acids is 3. The van der Waals surface area contributed by atoms with Gasteiger partial charge in [-0.05, 0) is 37.8 Å². The first-order chi connectivity index (χ1) is 17.0. The number of aliphatic hydroxyl groups excluding tert-OH is 1. The molecule has 186 valence electrons. The van der Waals surface area contributed by atoms with Gasteiger partial charge < -0.3 is 19.6 Å². The average molecular weight is 517 g/mol. The minimum Gasteiger partial charge on any atom is -0.465 e. The lowest BCUT2D eigenvalue weighted by Gasteiger charge is -2.35. The molecule has 0 saturated carbocycles. The normalized spacial score (nSPS) is 33.6. The molecule has 4 heterocycles. The fourth-order valence-corrected chi connectivity index (χ4v) is 8.02. The van der Waals surface area contributed by atoms with Crippen LogP contribution in [0.3, 0.4) is 0 Å². The maximum absolute atomic E-state index is 14.2. The number of hydrogen-bond donors (Lipinski definition) is 1. The maximum Gasteiger partial charge on any atom is 0.311 e. The Morgan fingerprint density at radius 1 is 1.14 bits per heavy atom. The van der Waals surface area contributed by atoms with Crippen LogP contribution >= 0.6 is 23.4 Å². The number of likely N-dealkylation sites (tertiary alicyclic amines) is 1. The van der Waals surface area contributed by atoms with Gasteiger partial charge in [0.25, 0.3) is 5.91 Å². The van der Waals surface area contributed by atoms with Gasteiger partial charge in [0.05, 0.1) is 33.9 Å². The molecule has 5 atom stereocenters. The first-order valence-corrected chi connectivity index (χ1v) is 13.4. The van der Waals surface area contributed by atoms with Crippen molar-refractivity contribution in [1.29, 1.82) is 0 Å². The summed E-state index contributed by atoms with van der Waals surface area (Å²) in [5.74, 6) is -2.23. The van der Waals surface area contributed by atoms with Crippen LogP contribution < -0.4 is 4.90 Å². The Balaban J connectivity index is 1.61. The number of aliphatic hydroxyl groups is 1. The van der Waals surface area contributed by atoms with Crippen molar-refractivity contribution in [3.05, 3.63) is 53.6 Å². The summed E-state index contributed by atoms with van der Waals surface area (Å²) in [5.41, 5.74) is 0.583. The van der Waals surface area contributed by atoms with Crippen LogP contribution in [0.4, 0.5) is 5.69 Å². The zero-order valence-corrected chi connectivity index (χ0v) is 20.9. The van der Waals surface area contributed by atoms with Crippen molar-refractivity contribution in [2.45, 2.75) is 41.7 Å². The Bertz CT molecular complexity index is 1080. The van der Waals surface area contributed by atoms with E-state index < -0.39 is 22.6 Å². The molecule has 35 heavy (non-hydrogen) atoms. The fraction of sp³-hybridized carbons (Fsp3) is 0.500.